The molecule has 18 heavy (non-hydrogen) atoms. The molecule has 0 unspecified atom stereocenters. The van der Waals surface area contributed by atoms with Crippen molar-refractivity contribution in [3.8, 4) is 0 Å². The molecule has 0 aliphatic rings. The Balaban J connectivity index is 2.77. The van der Waals surface area contributed by atoms with Crippen molar-refractivity contribution in [3.05, 3.63) is 27.1 Å². The molecule has 0 atom stereocenters. The number of unbranched alkanes of at least 4 members (excludes halogenated alkanes) is 1. The predicted molar refractivity (Wildman–Crippen MR) is 75.6 cm³/mol. The predicted octanol–water partition coefficient (Wildman–Crippen LogP) is 3.29. The van der Waals surface area contributed by atoms with Crippen molar-refractivity contribution in [2.24, 2.45) is 0 Å². The van der Waals surface area contributed by atoms with Crippen LogP contribution in [0.15, 0.2) is 12.1 Å². The van der Waals surface area contributed by atoms with Crippen molar-refractivity contribution in [3.63, 3.8) is 0 Å². The highest BCUT2D eigenvalue weighted by molar-refractivity contribution is 9.09. The summed E-state index contributed by atoms with van der Waals surface area (Å²) in [5.74, 6) is -0.124. The monoisotopic (exact) mass is 334 g/mol. The first-order chi connectivity index (χ1) is 8.60. The van der Waals surface area contributed by atoms with Gasteiger partial charge in [0.1, 0.15) is 0 Å². The Labute approximate surface area is 118 Å². The van der Waals surface area contributed by atoms with Crippen molar-refractivity contribution >= 4 is 38.2 Å². The van der Waals surface area contributed by atoms with Gasteiger partial charge in [-0.3, -0.25) is 14.9 Å². The molecule has 1 heterocycles. The Morgan fingerprint density at radius 2 is 2.22 bits per heavy atom. The Kier molecular flexibility index (Phi) is 6.28. The molecule has 1 rings (SSSR count). The number of amides is 1. The number of nitro groups is 1. The third-order valence-electron chi connectivity index (χ3n) is 2.41. The maximum atomic E-state index is 12.2. The van der Waals surface area contributed by atoms with E-state index < -0.39 is 4.92 Å². The number of nitrogens with zero attached hydrogens (tertiary/aromatic N) is 2. The van der Waals surface area contributed by atoms with E-state index in [4.69, 9.17) is 0 Å². The average Bonchev–Trinajstić information content (AvgIpc) is 2.83. The van der Waals surface area contributed by atoms with Gasteiger partial charge in [-0.1, -0.05) is 40.6 Å². The summed E-state index contributed by atoms with van der Waals surface area (Å²) >= 11 is 4.24. The largest absolute Gasteiger partial charge is 0.337 e. The van der Waals surface area contributed by atoms with Crippen LogP contribution in [0.2, 0.25) is 0 Å². The molecule has 0 radical (unpaired) electrons. The van der Waals surface area contributed by atoms with E-state index in [-0.39, 0.29) is 10.9 Å². The molecule has 0 aliphatic heterocycles. The van der Waals surface area contributed by atoms with Crippen molar-refractivity contribution in [1.82, 2.24) is 4.90 Å². The van der Waals surface area contributed by atoms with Gasteiger partial charge in [-0.25, -0.2) is 0 Å². The lowest BCUT2D eigenvalue weighted by atomic mass is 10.3. The van der Waals surface area contributed by atoms with Crippen LogP contribution in [-0.4, -0.2) is 34.2 Å². The molecule has 0 saturated carbocycles. The highest BCUT2D eigenvalue weighted by Crippen LogP contribution is 2.25. The molecule has 1 amide bonds. The summed E-state index contributed by atoms with van der Waals surface area (Å²) in [6.45, 7) is 3.37. The molecule has 1 aromatic rings. The maximum absolute atomic E-state index is 12.2. The second-order valence-electron chi connectivity index (χ2n) is 3.73. The van der Waals surface area contributed by atoms with Crippen LogP contribution in [0.3, 0.4) is 0 Å². The second-order valence-corrected chi connectivity index (χ2v) is 5.58. The first kappa shape index (κ1) is 15.1. The summed E-state index contributed by atoms with van der Waals surface area (Å²) in [6, 6.07) is 2.91. The van der Waals surface area contributed by atoms with Crippen LogP contribution in [0, 0.1) is 10.1 Å². The van der Waals surface area contributed by atoms with Gasteiger partial charge in [0.2, 0.25) is 0 Å². The summed E-state index contributed by atoms with van der Waals surface area (Å²) in [5, 5.41) is 11.3. The first-order valence-electron chi connectivity index (χ1n) is 5.69. The summed E-state index contributed by atoms with van der Waals surface area (Å²) < 4.78 is 0. The van der Waals surface area contributed by atoms with Crippen molar-refractivity contribution in [2.45, 2.75) is 19.8 Å². The number of alkyl halides is 1. The lowest BCUT2D eigenvalue weighted by Crippen LogP contribution is -2.33. The minimum Gasteiger partial charge on any atom is -0.337 e. The van der Waals surface area contributed by atoms with Crippen molar-refractivity contribution in [1.29, 1.82) is 0 Å². The van der Waals surface area contributed by atoms with E-state index in [9.17, 15) is 14.9 Å². The van der Waals surface area contributed by atoms with Gasteiger partial charge in [-0.05, 0) is 12.5 Å². The van der Waals surface area contributed by atoms with Crippen LogP contribution >= 0.6 is 27.3 Å². The second kappa shape index (κ2) is 7.48. The number of thiophene rings is 1. The molecule has 100 valence electrons. The molecule has 0 bridgehead atoms. The van der Waals surface area contributed by atoms with E-state index >= 15 is 0 Å². The Morgan fingerprint density at radius 1 is 1.50 bits per heavy atom. The van der Waals surface area contributed by atoms with Gasteiger partial charge in [0.05, 0.1) is 9.80 Å². The summed E-state index contributed by atoms with van der Waals surface area (Å²) in [6.07, 6.45) is 1.95. The van der Waals surface area contributed by atoms with E-state index in [1.165, 1.54) is 12.1 Å². The van der Waals surface area contributed by atoms with Crippen molar-refractivity contribution in [2.75, 3.05) is 18.4 Å². The smallest absolute Gasteiger partial charge is 0.324 e. The Bertz CT molecular complexity index is 422. The first-order valence-corrected chi connectivity index (χ1v) is 7.63. The van der Waals surface area contributed by atoms with E-state index in [0.717, 1.165) is 24.2 Å². The zero-order valence-corrected chi connectivity index (χ0v) is 12.5. The number of rotatable bonds is 7. The van der Waals surface area contributed by atoms with Crippen LogP contribution in [0.1, 0.15) is 29.4 Å². The molecule has 1 aromatic heterocycles. The highest BCUT2D eigenvalue weighted by atomic mass is 79.9. The standard InChI is InChI=1S/C11H15BrN2O3S/c1-2-3-7-13(8-6-12)11(15)9-4-5-10(18-9)14(16)17/h4-5H,2-3,6-8H2,1H3. The normalized spacial score (nSPS) is 10.3. The fourth-order valence-electron chi connectivity index (χ4n) is 1.46. The number of halogens is 1. The minimum atomic E-state index is -0.470. The zero-order valence-electron chi connectivity index (χ0n) is 10.1. The highest BCUT2D eigenvalue weighted by Gasteiger charge is 2.19. The maximum Gasteiger partial charge on any atom is 0.324 e. The van der Waals surface area contributed by atoms with Crippen LogP contribution in [0.25, 0.3) is 0 Å². The fraction of sp³-hybridized carbons (Fsp3) is 0.545. The van der Waals surface area contributed by atoms with E-state index in [1.54, 1.807) is 4.90 Å². The van der Waals surface area contributed by atoms with Gasteiger partial charge < -0.3 is 4.90 Å². The van der Waals surface area contributed by atoms with Gasteiger partial charge >= 0.3 is 5.00 Å². The lowest BCUT2D eigenvalue weighted by molar-refractivity contribution is -0.380. The van der Waals surface area contributed by atoms with Crippen LogP contribution in [0.4, 0.5) is 5.00 Å². The van der Waals surface area contributed by atoms with Crippen LogP contribution < -0.4 is 0 Å². The zero-order chi connectivity index (χ0) is 13.5. The van der Waals surface area contributed by atoms with Crippen LogP contribution in [0.5, 0.6) is 0 Å². The number of carbonyl (C=O) groups is 1. The SMILES string of the molecule is CCCCN(CCBr)C(=O)c1ccc([N+](=O)[O-])s1. The molecule has 7 heteroatoms. The molecular weight excluding hydrogens is 320 g/mol. The molecule has 0 N–H and O–H groups in total. The molecule has 0 saturated heterocycles. The molecule has 0 spiro atoms. The molecule has 0 fully saturated rings. The fourth-order valence-corrected chi connectivity index (χ4v) is 2.68. The van der Waals surface area contributed by atoms with Crippen LogP contribution in [-0.2, 0) is 0 Å². The number of hydrogen-bond donors (Lipinski definition) is 0. The number of carbonyl (C=O) groups excluding carboxylic acids is 1. The van der Waals surface area contributed by atoms with Gasteiger partial charge in [0.15, 0.2) is 0 Å². The van der Waals surface area contributed by atoms with Crippen molar-refractivity contribution < 1.29 is 9.72 Å². The van der Waals surface area contributed by atoms with Gasteiger partial charge in [-0.2, -0.15) is 0 Å². The third-order valence-corrected chi connectivity index (χ3v) is 3.79. The van der Waals surface area contributed by atoms with Gasteiger partial charge in [-0.15, -0.1) is 0 Å². The molecular formula is C11H15BrN2O3S. The quantitative estimate of drug-likeness (QED) is 0.436. The summed E-state index contributed by atoms with van der Waals surface area (Å²) in [7, 11) is 0. The lowest BCUT2D eigenvalue weighted by Gasteiger charge is -2.20. The average molecular weight is 335 g/mol. The molecule has 0 aromatic carbocycles. The minimum absolute atomic E-state index is 0.00707. The summed E-state index contributed by atoms with van der Waals surface area (Å²) in [5.41, 5.74) is 0. The molecule has 0 aliphatic carbocycles. The number of hydrogen-bond acceptors (Lipinski definition) is 4. The third kappa shape index (κ3) is 4.06. The Morgan fingerprint density at radius 3 is 2.72 bits per heavy atom. The topological polar surface area (TPSA) is 63.5 Å². The van der Waals surface area contributed by atoms with Gasteiger partial charge in [0.25, 0.3) is 5.91 Å². The van der Waals surface area contributed by atoms with E-state index in [2.05, 4.69) is 22.9 Å². The van der Waals surface area contributed by atoms with E-state index in [0.29, 0.717) is 23.3 Å². The Hall–Kier alpha value is -0.950. The van der Waals surface area contributed by atoms with Gasteiger partial charge in [0, 0.05) is 24.5 Å². The van der Waals surface area contributed by atoms with E-state index in [1.807, 2.05) is 0 Å². The molecule has 5 nitrogen and oxygen atoms in total. The summed E-state index contributed by atoms with van der Waals surface area (Å²) in [4.78, 5) is 24.4.